The average molecular weight is 493 g/mol. The Labute approximate surface area is 198 Å². The van der Waals surface area contributed by atoms with Gasteiger partial charge in [-0.2, -0.15) is 5.01 Å². The summed E-state index contributed by atoms with van der Waals surface area (Å²) in [6, 6.07) is 11.4. The summed E-state index contributed by atoms with van der Waals surface area (Å²) in [6.45, 7) is -0.00513. The molecule has 1 aliphatic heterocycles. The number of aliphatic carboxylic acids is 1. The van der Waals surface area contributed by atoms with Crippen molar-refractivity contribution in [2.24, 2.45) is 0 Å². The van der Waals surface area contributed by atoms with Crippen LogP contribution in [-0.4, -0.2) is 45.9 Å². The predicted molar refractivity (Wildman–Crippen MR) is 125 cm³/mol. The van der Waals surface area contributed by atoms with Crippen LogP contribution in [0.3, 0.4) is 0 Å². The van der Waals surface area contributed by atoms with Gasteiger partial charge in [0.2, 0.25) is 0 Å². The monoisotopic (exact) mass is 492 g/mol. The second-order valence-corrected chi connectivity index (χ2v) is 8.42. The lowest BCUT2D eigenvalue weighted by Gasteiger charge is -2.16. The van der Waals surface area contributed by atoms with E-state index in [1.807, 2.05) is 0 Å². The van der Waals surface area contributed by atoms with E-state index in [-0.39, 0.29) is 27.9 Å². The normalized spacial score (nSPS) is 14.6. The number of carboxylic acid groups (broad SMARTS) is 1. The molecule has 2 amide bonds. The molecule has 0 saturated carbocycles. The summed E-state index contributed by atoms with van der Waals surface area (Å²) in [5.74, 6) is -1.25. The van der Waals surface area contributed by atoms with E-state index in [0.717, 1.165) is 16.8 Å². The van der Waals surface area contributed by atoms with Gasteiger partial charge in [0.05, 0.1) is 35.6 Å². The van der Waals surface area contributed by atoms with Crippen molar-refractivity contribution in [1.82, 2.24) is 10.4 Å². The van der Waals surface area contributed by atoms with Crippen LogP contribution in [0.25, 0.3) is 6.08 Å². The fourth-order valence-electron chi connectivity index (χ4n) is 2.66. The molecule has 0 atom stereocenters. The first-order valence-corrected chi connectivity index (χ1v) is 10.8. The third kappa shape index (κ3) is 5.58. The highest BCUT2D eigenvalue weighted by molar-refractivity contribution is 8.26. The second-order valence-electron chi connectivity index (χ2n) is 6.34. The van der Waals surface area contributed by atoms with Gasteiger partial charge in [-0.1, -0.05) is 41.6 Å². The van der Waals surface area contributed by atoms with Crippen LogP contribution in [0.2, 0.25) is 5.02 Å². The zero-order valence-corrected chi connectivity index (χ0v) is 19.1. The molecule has 1 aliphatic rings. The number of nitrogens with one attached hydrogen (secondary N) is 1. The Balaban J connectivity index is 1.74. The van der Waals surface area contributed by atoms with Gasteiger partial charge < -0.3 is 14.6 Å². The number of thiocarbonyl (C=S) groups is 1. The topological polar surface area (TPSA) is 105 Å². The molecule has 1 saturated heterocycles. The van der Waals surface area contributed by atoms with Crippen molar-refractivity contribution in [2.45, 2.75) is 6.42 Å². The van der Waals surface area contributed by atoms with Gasteiger partial charge in [0, 0.05) is 0 Å². The maximum Gasteiger partial charge on any atom is 0.306 e. The Hall–Kier alpha value is -3.08. The van der Waals surface area contributed by atoms with Crippen molar-refractivity contribution in [3.8, 4) is 11.5 Å². The molecule has 32 heavy (non-hydrogen) atoms. The molecule has 0 radical (unpaired) electrons. The molecule has 0 bridgehead atoms. The lowest BCUT2D eigenvalue weighted by atomic mass is 10.2. The van der Waals surface area contributed by atoms with E-state index < -0.39 is 17.8 Å². The number of rotatable bonds is 8. The SMILES string of the molecule is COc1cc(/C=C2/SC(=S)N(NC(=O)c3ccccc3Cl)C2=O)ccc1OCCC(=O)O. The van der Waals surface area contributed by atoms with Crippen molar-refractivity contribution < 1.29 is 29.0 Å². The first kappa shape index (κ1) is 23.6. The number of carbonyl (C=O) groups is 3. The third-order valence-electron chi connectivity index (χ3n) is 4.18. The van der Waals surface area contributed by atoms with Gasteiger partial charge >= 0.3 is 5.97 Å². The molecule has 11 heteroatoms. The van der Waals surface area contributed by atoms with E-state index in [4.69, 9.17) is 38.4 Å². The van der Waals surface area contributed by atoms with Gasteiger partial charge in [-0.05, 0) is 48.1 Å². The van der Waals surface area contributed by atoms with Crippen molar-refractivity contribution in [2.75, 3.05) is 13.7 Å². The molecule has 2 N–H and O–H groups in total. The van der Waals surface area contributed by atoms with Gasteiger partial charge in [-0.15, -0.1) is 0 Å². The standard InChI is InChI=1S/C21H17ClN2O6S2/c1-29-16-10-12(6-7-15(16)30-9-8-18(25)26)11-17-20(28)24(21(31)32-17)23-19(27)13-4-2-3-5-14(13)22/h2-7,10-11H,8-9H2,1H3,(H,23,27)(H,25,26)/b17-11+. The smallest absolute Gasteiger partial charge is 0.306 e. The minimum Gasteiger partial charge on any atom is -0.493 e. The summed E-state index contributed by atoms with van der Waals surface area (Å²) in [7, 11) is 1.45. The molecule has 0 spiro atoms. The molecule has 1 heterocycles. The summed E-state index contributed by atoms with van der Waals surface area (Å²) in [5.41, 5.74) is 3.33. The zero-order chi connectivity index (χ0) is 23.3. The Morgan fingerprint density at radius 1 is 1.25 bits per heavy atom. The molecule has 1 fully saturated rings. The fraction of sp³-hybridized carbons (Fsp3) is 0.143. The van der Waals surface area contributed by atoms with E-state index >= 15 is 0 Å². The molecule has 0 unspecified atom stereocenters. The highest BCUT2D eigenvalue weighted by atomic mass is 35.5. The first-order valence-electron chi connectivity index (χ1n) is 9.16. The molecular formula is C21H17ClN2O6S2. The number of carboxylic acids is 1. The highest BCUT2D eigenvalue weighted by Gasteiger charge is 2.34. The van der Waals surface area contributed by atoms with Crippen LogP contribution < -0.4 is 14.9 Å². The number of benzene rings is 2. The average Bonchev–Trinajstić information content (AvgIpc) is 3.01. The summed E-state index contributed by atoms with van der Waals surface area (Å²) in [4.78, 5) is 36.2. The van der Waals surface area contributed by atoms with E-state index in [1.54, 1.807) is 42.5 Å². The molecular weight excluding hydrogens is 476 g/mol. The number of hydrazine groups is 1. The van der Waals surface area contributed by atoms with E-state index in [9.17, 15) is 14.4 Å². The van der Waals surface area contributed by atoms with Crippen LogP contribution in [0.4, 0.5) is 0 Å². The van der Waals surface area contributed by atoms with Crippen LogP contribution in [0.1, 0.15) is 22.3 Å². The van der Waals surface area contributed by atoms with Crippen LogP contribution in [0.15, 0.2) is 47.4 Å². The number of hydrogen-bond donors (Lipinski definition) is 2. The van der Waals surface area contributed by atoms with Gasteiger partial charge in [-0.25, -0.2) is 0 Å². The van der Waals surface area contributed by atoms with Crippen molar-refractivity contribution >= 4 is 63.8 Å². The quantitative estimate of drug-likeness (QED) is 0.424. The Kier molecular flexibility index (Phi) is 7.73. The van der Waals surface area contributed by atoms with Crippen molar-refractivity contribution in [1.29, 1.82) is 0 Å². The molecule has 166 valence electrons. The number of carbonyl (C=O) groups excluding carboxylic acids is 2. The van der Waals surface area contributed by atoms with Crippen molar-refractivity contribution in [3.63, 3.8) is 0 Å². The first-order chi connectivity index (χ1) is 15.3. The van der Waals surface area contributed by atoms with Crippen LogP contribution in [-0.2, 0) is 9.59 Å². The maximum absolute atomic E-state index is 12.8. The van der Waals surface area contributed by atoms with Gasteiger partial charge in [0.1, 0.15) is 0 Å². The van der Waals surface area contributed by atoms with Crippen molar-refractivity contribution in [3.05, 3.63) is 63.5 Å². The Morgan fingerprint density at radius 2 is 2.00 bits per heavy atom. The number of amides is 2. The largest absolute Gasteiger partial charge is 0.493 e. The number of halogens is 1. The minimum atomic E-state index is -0.968. The molecule has 2 aromatic rings. The number of hydrogen-bond acceptors (Lipinski definition) is 7. The Morgan fingerprint density at radius 3 is 2.69 bits per heavy atom. The summed E-state index contributed by atoms with van der Waals surface area (Å²) in [6.07, 6.45) is 1.46. The molecule has 3 rings (SSSR count). The minimum absolute atomic E-state index is 0.00513. The lowest BCUT2D eigenvalue weighted by Crippen LogP contribution is -2.44. The molecule has 2 aromatic carbocycles. The van der Waals surface area contributed by atoms with Crippen LogP contribution in [0, 0.1) is 0 Å². The number of methoxy groups -OCH3 is 1. The molecule has 8 nitrogen and oxygen atoms in total. The third-order valence-corrected chi connectivity index (χ3v) is 5.82. The van der Waals surface area contributed by atoms with E-state index in [0.29, 0.717) is 22.0 Å². The second kappa shape index (κ2) is 10.5. The number of ether oxygens (including phenoxy) is 2. The van der Waals surface area contributed by atoms with Crippen LogP contribution in [0.5, 0.6) is 11.5 Å². The molecule has 0 aromatic heterocycles. The van der Waals surface area contributed by atoms with Gasteiger partial charge in [-0.3, -0.25) is 19.8 Å². The number of nitrogens with zero attached hydrogens (tertiary/aromatic N) is 1. The van der Waals surface area contributed by atoms with E-state index in [2.05, 4.69) is 5.43 Å². The number of thioether (sulfide) groups is 1. The summed E-state index contributed by atoms with van der Waals surface area (Å²) >= 11 is 12.3. The predicted octanol–water partition coefficient (Wildman–Crippen LogP) is 3.75. The zero-order valence-electron chi connectivity index (χ0n) is 16.7. The fourth-order valence-corrected chi connectivity index (χ4v) is 4.07. The lowest BCUT2D eigenvalue weighted by molar-refractivity contribution is -0.137. The summed E-state index contributed by atoms with van der Waals surface area (Å²) in [5, 5.41) is 9.97. The van der Waals surface area contributed by atoms with Gasteiger partial charge in [0.15, 0.2) is 15.8 Å². The molecule has 0 aliphatic carbocycles. The van der Waals surface area contributed by atoms with Gasteiger partial charge in [0.25, 0.3) is 11.8 Å². The van der Waals surface area contributed by atoms with Crippen LogP contribution >= 0.6 is 35.6 Å². The Bertz CT molecular complexity index is 1120. The van der Waals surface area contributed by atoms with E-state index in [1.165, 1.54) is 13.2 Å². The summed E-state index contributed by atoms with van der Waals surface area (Å²) < 4.78 is 10.9. The highest BCUT2D eigenvalue weighted by Crippen LogP contribution is 2.34. The maximum atomic E-state index is 12.8.